The van der Waals surface area contributed by atoms with Gasteiger partial charge in [-0.1, -0.05) is 20.3 Å². The van der Waals surface area contributed by atoms with E-state index in [1.165, 1.54) is 19.3 Å². The number of nitrogens with one attached hydrogen (secondary N) is 1. The van der Waals surface area contributed by atoms with E-state index in [1.54, 1.807) is 0 Å². The number of fused-ring (bicyclic) bond motifs is 2. The lowest BCUT2D eigenvalue weighted by Gasteiger charge is -2.43. The molecule has 3 unspecified atom stereocenters. The number of carbonyl (C=O) groups is 1. The summed E-state index contributed by atoms with van der Waals surface area (Å²) in [6.45, 7) is 4.75. The van der Waals surface area contributed by atoms with E-state index in [4.69, 9.17) is 5.73 Å². The van der Waals surface area contributed by atoms with Crippen LogP contribution in [0.2, 0.25) is 0 Å². The molecule has 3 aliphatic carbocycles. The number of carbonyl (C=O) groups excluding carboxylic acids is 1. The first-order valence-electron chi connectivity index (χ1n) is 9.14. The van der Waals surface area contributed by atoms with E-state index in [0.29, 0.717) is 24.4 Å². The molecule has 0 aliphatic heterocycles. The molecule has 0 heterocycles. The molecule has 0 spiro atoms. The van der Waals surface area contributed by atoms with Gasteiger partial charge in [0, 0.05) is 23.9 Å². The van der Waals surface area contributed by atoms with Gasteiger partial charge in [0.15, 0.2) is 0 Å². The average molecular weight is 308 g/mol. The molecule has 3 atom stereocenters. The van der Waals surface area contributed by atoms with Gasteiger partial charge >= 0.3 is 0 Å². The lowest BCUT2D eigenvalue weighted by Crippen LogP contribution is -2.50. The number of hydrogen-bond acceptors (Lipinski definition) is 3. The van der Waals surface area contributed by atoms with Gasteiger partial charge in [-0.05, 0) is 56.3 Å². The summed E-state index contributed by atoms with van der Waals surface area (Å²) in [5.74, 6) is 1.68. The van der Waals surface area contributed by atoms with Crippen molar-refractivity contribution < 1.29 is 9.90 Å². The number of rotatable bonds is 5. The fraction of sp³-hybridized carbons (Fsp3) is 0.944. The fourth-order valence-electron chi connectivity index (χ4n) is 4.86. The summed E-state index contributed by atoms with van der Waals surface area (Å²) in [5, 5.41) is 13.5. The Morgan fingerprint density at radius 3 is 2.36 bits per heavy atom. The monoisotopic (exact) mass is 308 g/mol. The SMILES string of the molecule is CC(C)C(O)C1(CNC(=O)C2CC3CCCC(C2)C3N)CC1. The van der Waals surface area contributed by atoms with Crippen LogP contribution in [0.5, 0.6) is 0 Å². The molecule has 0 aromatic carbocycles. The highest BCUT2D eigenvalue weighted by atomic mass is 16.3. The van der Waals surface area contributed by atoms with Crippen LogP contribution in [0.3, 0.4) is 0 Å². The first kappa shape index (κ1) is 16.3. The maximum Gasteiger partial charge on any atom is 0.223 e. The van der Waals surface area contributed by atoms with Gasteiger partial charge in [0.1, 0.15) is 0 Å². The quantitative estimate of drug-likeness (QED) is 0.727. The molecule has 0 aromatic heterocycles. The van der Waals surface area contributed by atoms with Crippen LogP contribution in [-0.4, -0.2) is 29.7 Å². The van der Waals surface area contributed by atoms with Crippen molar-refractivity contribution in [2.24, 2.45) is 34.8 Å². The standard InChI is InChI=1S/C18H32N2O2/c1-11(2)16(21)18(6-7-18)10-20-17(22)14-8-12-4-3-5-13(9-14)15(12)19/h11-16,21H,3-10,19H2,1-2H3,(H,20,22). The third-order valence-electron chi connectivity index (χ3n) is 6.55. The van der Waals surface area contributed by atoms with Gasteiger partial charge in [0.05, 0.1) is 6.10 Å². The highest BCUT2D eigenvalue weighted by Crippen LogP contribution is 2.50. The molecule has 1 amide bonds. The minimum absolute atomic E-state index is 0.0508. The van der Waals surface area contributed by atoms with E-state index in [1.807, 2.05) is 0 Å². The maximum absolute atomic E-state index is 12.6. The van der Waals surface area contributed by atoms with Crippen molar-refractivity contribution in [2.75, 3.05) is 6.54 Å². The Hall–Kier alpha value is -0.610. The number of nitrogens with two attached hydrogens (primary N) is 1. The van der Waals surface area contributed by atoms with Gasteiger partial charge in [0.25, 0.3) is 0 Å². The summed E-state index contributed by atoms with van der Waals surface area (Å²) in [6, 6.07) is 0.315. The molecule has 2 bridgehead atoms. The molecule has 0 aromatic rings. The summed E-state index contributed by atoms with van der Waals surface area (Å²) in [7, 11) is 0. The van der Waals surface area contributed by atoms with Gasteiger partial charge in [0.2, 0.25) is 5.91 Å². The molecule has 0 radical (unpaired) electrons. The zero-order valence-electron chi connectivity index (χ0n) is 14.1. The molecule has 3 rings (SSSR count). The minimum atomic E-state index is -0.299. The van der Waals surface area contributed by atoms with E-state index < -0.39 is 0 Å². The highest BCUT2D eigenvalue weighted by Gasteiger charge is 2.50. The summed E-state index contributed by atoms with van der Waals surface area (Å²) < 4.78 is 0. The predicted octanol–water partition coefficient (Wildman–Crippen LogP) is 2.05. The second-order valence-electron chi connectivity index (χ2n) is 8.47. The molecule has 3 fully saturated rings. The molecule has 4 N–H and O–H groups in total. The van der Waals surface area contributed by atoms with Crippen molar-refractivity contribution >= 4 is 5.91 Å². The number of aliphatic hydroxyl groups is 1. The lowest BCUT2D eigenvalue weighted by atomic mass is 9.65. The van der Waals surface area contributed by atoms with E-state index in [0.717, 1.165) is 25.7 Å². The molecular formula is C18H32N2O2. The topological polar surface area (TPSA) is 75.3 Å². The molecule has 22 heavy (non-hydrogen) atoms. The fourth-order valence-corrected chi connectivity index (χ4v) is 4.86. The van der Waals surface area contributed by atoms with E-state index in [9.17, 15) is 9.90 Å². The van der Waals surface area contributed by atoms with Crippen LogP contribution in [0.25, 0.3) is 0 Å². The third-order valence-corrected chi connectivity index (χ3v) is 6.55. The second kappa shape index (κ2) is 6.12. The number of hydrogen-bond donors (Lipinski definition) is 3. The summed E-state index contributed by atoms with van der Waals surface area (Å²) in [4.78, 5) is 12.6. The predicted molar refractivity (Wildman–Crippen MR) is 87.1 cm³/mol. The Labute approximate surface area is 134 Å². The van der Waals surface area contributed by atoms with Crippen molar-refractivity contribution in [3.63, 3.8) is 0 Å². The van der Waals surface area contributed by atoms with Crippen LogP contribution < -0.4 is 11.1 Å². The highest BCUT2D eigenvalue weighted by molar-refractivity contribution is 5.79. The summed E-state index contributed by atoms with van der Waals surface area (Å²) >= 11 is 0. The van der Waals surface area contributed by atoms with Gasteiger partial charge in [-0.2, -0.15) is 0 Å². The largest absolute Gasteiger partial charge is 0.392 e. The van der Waals surface area contributed by atoms with Gasteiger partial charge in [-0.15, -0.1) is 0 Å². The molecule has 126 valence electrons. The molecule has 4 nitrogen and oxygen atoms in total. The molecule has 3 aliphatic rings. The lowest BCUT2D eigenvalue weighted by molar-refractivity contribution is -0.128. The van der Waals surface area contributed by atoms with Crippen molar-refractivity contribution in [2.45, 2.75) is 70.9 Å². The Morgan fingerprint density at radius 1 is 1.27 bits per heavy atom. The molecule has 0 saturated heterocycles. The first-order chi connectivity index (χ1) is 10.4. The molecular weight excluding hydrogens is 276 g/mol. The zero-order valence-corrected chi connectivity index (χ0v) is 14.1. The van der Waals surface area contributed by atoms with Gasteiger partial charge in [-0.25, -0.2) is 0 Å². The van der Waals surface area contributed by atoms with Crippen LogP contribution in [-0.2, 0) is 4.79 Å². The van der Waals surface area contributed by atoms with Crippen molar-refractivity contribution in [3.05, 3.63) is 0 Å². The Bertz CT molecular complexity index is 405. The number of aliphatic hydroxyl groups excluding tert-OH is 1. The van der Waals surface area contributed by atoms with E-state index in [-0.39, 0.29) is 29.3 Å². The smallest absolute Gasteiger partial charge is 0.223 e. The normalized spacial score (nSPS) is 37.7. The van der Waals surface area contributed by atoms with Crippen molar-refractivity contribution in [1.82, 2.24) is 5.32 Å². The average Bonchev–Trinajstić information content (AvgIpc) is 3.24. The molecule has 4 heteroatoms. The van der Waals surface area contributed by atoms with Gasteiger partial charge < -0.3 is 16.2 Å². The zero-order chi connectivity index (χ0) is 15.9. The van der Waals surface area contributed by atoms with Crippen LogP contribution >= 0.6 is 0 Å². The van der Waals surface area contributed by atoms with E-state index >= 15 is 0 Å². The Kier molecular flexibility index (Phi) is 4.52. The minimum Gasteiger partial charge on any atom is -0.392 e. The number of amides is 1. The van der Waals surface area contributed by atoms with Crippen molar-refractivity contribution in [1.29, 1.82) is 0 Å². The summed E-state index contributed by atoms with van der Waals surface area (Å²) in [6.07, 6.45) is 7.36. The first-order valence-corrected chi connectivity index (χ1v) is 9.14. The van der Waals surface area contributed by atoms with Gasteiger partial charge in [-0.3, -0.25) is 4.79 Å². The maximum atomic E-state index is 12.6. The van der Waals surface area contributed by atoms with Crippen LogP contribution in [0.4, 0.5) is 0 Å². The van der Waals surface area contributed by atoms with Crippen LogP contribution in [0, 0.1) is 29.1 Å². The summed E-state index contributed by atoms with van der Waals surface area (Å²) in [5.41, 5.74) is 6.26. The van der Waals surface area contributed by atoms with Crippen molar-refractivity contribution in [3.8, 4) is 0 Å². The van der Waals surface area contributed by atoms with Crippen LogP contribution in [0.15, 0.2) is 0 Å². The van der Waals surface area contributed by atoms with Crippen LogP contribution in [0.1, 0.15) is 58.8 Å². The Balaban J connectivity index is 1.53. The van der Waals surface area contributed by atoms with E-state index in [2.05, 4.69) is 19.2 Å². The molecule has 3 saturated carbocycles. The Morgan fingerprint density at radius 2 is 1.86 bits per heavy atom. The third kappa shape index (κ3) is 3.05. The second-order valence-corrected chi connectivity index (χ2v) is 8.47.